The van der Waals surface area contributed by atoms with Crippen molar-refractivity contribution in [2.45, 2.75) is 32.4 Å². The molecule has 164 valence electrons. The maximum Gasteiger partial charge on any atom is 0.279 e. The molecule has 0 saturated carbocycles. The Morgan fingerprint density at radius 1 is 1.30 bits per heavy atom. The van der Waals surface area contributed by atoms with Crippen molar-refractivity contribution in [3.8, 4) is 6.07 Å². The summed E-state index contributed by atoms with van der Waals surface area (Å²) in [5.74, 6) is -0.511. The molecule has 33 heavy (non-hydrogen) atoms. The lowest BCUT2D eigenvalue weighted by Gasteiger charge is -2.17. The van der Waals surface area contributed by atoms with E-state index in [1.165, 1.54) is 22.9 Å². The van der Waals surface area contributed by atoms with E-state index in [9.17, 15) is 14.9 Å². The first-order valence-corrected chi connectivity index (χ1v) is 10.6. The van der Waals surface area contributed by atoms with E-state index in [0.717, 1.165) is 18.4 Å². The van der Waals surface area contributed by atoms with Gasteiger partial charge in [0.1, 0.15) is 17.4 Å². The van der Waals surface area contributed by atoms with Crippen LogP contribution in [0.4, 0.5) is 0 Å². The standard InChI is InChI=1S/C24H20N6O3/c1-15-4-2-10-29-20(15)27-22-19(24(29)32)12-17(13-25)21(30(22)14-18-5-3-11-33-18)28-23(31)16-6-8-26-9-7-16/h2,4,6-10,12,18H,3,5,11,14H2,1H3/t18-/m1/s1. The van der Waals surface area contributed by atoms with Crippen LogP contribution in [0, 0.1) is 18.3 Å². The van der Waals surface area contributed by atoms with Crippen LogP contribution < -0.4 is 11.0 Å². The number of aromatic nitrogens is 4. The van der Waals surface area contributed by atoms with Gasteiger partial charge in [-0.2, -0.15) is 10.3 Å². The predicted octanol–water partition coefficient (Wildman–Crippen LogP) is 2.14. The van der Waals surface area contributed by atoms with Crippen LogP contribution in [0.3, 0.4) is 0 Å². The van der Waals surface area contributed by atoms with Gasteiger partial charge in [0.25, 0.3) is 11.5 Å². The van der Waals surface area contributed by atoms with Crippen LogP contribution in [0.15, 0.2) is 58.7 Å². The summed E-state index contributed by atoms with van der Waals surface area (Å²) >= 11 is 0. The first-order valence-electron chi connectivity index (χ1n) is 10.6. The lowest BCUT2D eigenvalue weighted by Crippen LogP contribution is -2.33. The number of pyridine rings is 3. The van der Waals surface area contributed by atoms with Gasteiger partial charge in [-0.05, 0) is 49.6 Å². The molecule has 1 saturated heterocycles. The average Bonchev–Trinajstić information content (AvgIpc) is 3.35. The summed E-state index contributed by atoms with van der Waals surface area (Å²) in [6.07, 6.45) is 6.28. The molecule has 9 nitrogen and oxygen atoms in total. The van der Waals surface area contributed by atoms with Gasteiger partial charge < -0.3 is 9.30 Å². The number of carbonyl (C=O) groups excluding carboxylic acids is 1. The maximum atomic E-state index is 13.3. The highest BCUT2D eigenvalue weighted by molar-refractivity contribution is 5.94. The normalized spacial score (nSPS) is 16.4. The number of ether oxygens (including phenoxy) is 1. The van der Waals surface area contributed by atoms with Crippen LogP contribution in [0.1, 0.15) is 34.3 Å². The van der Waals surface area contributed by atoms with Crippen molar-refractivity contribution in [2.24, 2.45) is 4.99 Å². The monoisotopic (exact) mass is 440 g/mol. The maximum absolute atomic E-state index is 13.3. The van der Waals surface area contributed by atoms with Crippen molar-refractivity contribution in [2.75, 3.05) is 6.61 Å². The van der Waals surface area contributed by atoms with Crippen LogP contribution in [0.5, 0.6) is 0 Å². The molecule has 4 aromatic rings. The molecule has 5 rings (SSSR count). The van der Waals surface area contributed by atoms with Gasteiger partial charge in [-0.3, -0.25) is 19.0 Å². The van der Waals surface area contributed by atoms with Crippen molar-refractivity contribution >= 4 is 22.6 Å². The van der Waals surface area contributed by atoms with E-state index >= 15 is 0 Å². The van der Waals surface area contributed by atoms with Crippen LogP contribution >= 0.6 is 0 Å². The summed E-state index contributed by atoms with van der Waals surface area (Å²) in [6, 6.07) is 10.3. The number of amides is 1. The number of nitriles is 1. The molecule has 5 heterocycles. The lowest BCUT2D eigenvalue weighted by molar-refractivity contribution is 0.0952. The molecule has 0 unspecified atom stereocenters. The zero-order valence-electron chi connectivity index (χ0n) is 17.9. The third kappa shape index (κ3) is 3.70. The second-order valence-corrected chi connectivity index (χ2v) is 7.93. The minimum absolute atomic E-state index is 0.120. The fraction of sp³-hybridized carbons (Fsp3) is 0.250. The molecular formula is C24H20N6O3. The number of nitrogens with zero attached hydrogens (tertiary/aromatic N) is 6. The van der Waals surface area contributed by atoms with Crippen molar-refractivity contribution in [3.63, 3.8) is 0 Å². The number of hydrogen-bond acceptors (Lipinski definition) is 6. The summed E-state index contributed by atoms with van der Waals surface area (Å²) < 4.78 is 8.96. The number of aryl methyl sites for hydroxylation is 1. The Bertz CT molecular complexity index is 1560. The quantitative estimate of drug-likeness (QED) is 0.451. The van der Waals surface area contributed by atoms with Gasteiger partial charge in [0.15, 0.2) is 5.49 Å². The summed E-state index contributed by atoms with van der Waals surface area (Å²) in [4.78, 5) is 39.2. The summed E-state index contributed by atoms with van der Waals surface area (Å²) in [7, 11) is 0. The van der Waals surface area contributed by atoms with Crippen LogP contribution in [-0.4, -0.2) is 37.6 Å². The molecule has 1 aliphatic rings. The molecule has 0 spiro atoms. The highest BCUT2D eigenvalue weighted by Crippen LogP contribution is 2.17. The lowest BCUT2D eigenvalue weighted by atomic mass is 10.2. The van der Waals surface area contributed by atoms with Crippen LogP contribution in [0.2, 0.25) is 0 Å². The van der Waals surface area contributed by atoms with Gasteiger partial charge in [-0.25, -0.2) is 4.98 Å². The zero-order chi connectivity index (χ0) is 22.9. The molecule has 0 bridgehead atoms. The van der Waals surface area contributed by atoms with E-state index in [4.69, 9.17) is 9.72 Å². The van der Waals surface area contributed by atoms with E-state index in [0.29, 0.717) is 30.0 Å². The van der Waals surface area contributed by atoms with E-state index in [-0.39, 0.29) is 28.1 Å². The Hall–Kier alpha value is -4.16. The predicted molar refractivity (Wildman–Crippen MR) is 120 cm³/mol. The molecule has 0 radical (unpaired) electrons. The molecule has 1 amide bonds. The van der Waals surface area contributed by atoms with Gasteiger partial charge in [-0.15, -0.1) is 0 Å². The second-order valence-electron chi connectivity index (χ2n) is 7.93. The van der Waals surface area contributed by atoms with Crippen molar-refractivity contribution in [1.82, 2.24) is 18.9 Å². The molecule has 9 heteroatoms. The van der Waals surface area contributed by atoms with Gasteiger partial charge in [-0.1, -0.05) is 6.07 Å². The Balaban J connectivity index is 1.86. The topological polar surface area (TPSA) is 115 Å². The minimum atomic E-state index is -0.511. The fourth-order valence-corrected chi connectivity index (χ4v) is 4.11. The second kappa shape index (κ2) is 8.41. The number of hydrogen-bond donors (Lipinski definition) is 0. The molecule has 0 aromatic carbocycles. The van der Waals surface area contributed by atoms with Crippen LogP contribution in [0.25, 0.3) is 16.7 Å². The fourth-order valence-electron chi connectivity index (χ4n) is 4.11. The molecular weight excluding hydrogens is 420 g/mol. The summed E-state index contributed by atoms with van der Waals surface area (Å²) in [6.45, 7) is 2.84. The van der Waals surface area contributed by atoms with Gasteiger partial charge in [0.05, 0.1) is 23.6 Å². The first-order chi connectivity index (χ1) is 16.1. The van der Waals surface area contributed by atoms with E-state index in [2.05, 4.69) is 16.0 Å². The Kier molecular flexibility index (Phi) is 5.28. The summed E-state index contributed by atoms with van der Waals surface area (Å²) in [5, 5.41) is 10.2. The number of carbonyl (C=O) groups is 1. The SMILES string of the molecule is Cc1cccn2c(=O)c3cc(C#N)c(=NC(=O)c4ccncc4)n(C[C@H]4CCCO4)c3nc12. The Morgan fingerprint density at radius 2 is 2.12 bits per heavy atom. The number of rotatable bonds is 3. The number of fused-ring (bicyclic) bond motifs is 2. The van der Waals surface area contributed by atoms with Crippen molar-refractivity contribution < 1.29 is 9.53 Å². The van der Waals surface area contributed by atoms with Gasteiger partial charge >= 0.3 is 0 Å². The van der Waals surface area contributed by atoms with Gasteiger partial charge in [0.2, 0.25) is 0 Å². The van der Waals surface area contributed by atoms with Crippen molar-refractivity contribution in [3.05, 3.63) is 81.5 Å². The largest absolute Gasteiger partial charge is 0.376 e. The molecule has 0 N–H and O–H groups in total. The van der Waals surface area contributed by atoms with E-state index in [1.807, 2.05) is 13.0 Å². The molecule has 1 atom stereocenters. The molecule has 4 aromatic heterocycles. The smallest absolute Gasteiger partial charge is 0.279 e. The van der Waals surface area contributed by atoms with E-state index in [1.54, 1.807) is 29.0 Å². The van der Waals surface area contributed by atoms with Crippen molar-refractivity contribution in [1.29, 1.82) is 5.26 Å². The third-order valence-electron chi connectivity index (χ3n) is 5.77. The first kappa shape index (κ1) is 20.7. The van der Waals surface area contributed by atoms with Gasteiger partial charge in [0, 0.05) is 30.8 Å². The van der Waals surface area contributed by atoms with E-state index < -0.39 is 5.91 Å². The average molecular weight is 440 g/mol. The summed E-state index contributed by atoms with van der Waals surface area (Å²) in [5.41, 5.74) is 2.04. The Labute approximate surface area is 188 Å². The zero-order valence-corrected chi connectivity index (χ0v) is 17.9. The molecule has 1 fully saturated rings. The third-order valence-corrected chi connectivity index (χ3v) is 5.77. The highest BCUT2D eigenvalue weighted by Gasteiger charge is 2.21. The Morgan fingerprint density at radius 3 is 2.85 bits per heavy atom. The van der Waals surface area contributed by atoms with Crippen LogP contribution in [-0.2, 0) is 11.3 Å². The molecule has 0 aliphatic carbocycles. The molecule has 1 aliphatic heterocycles. The highest BCUT2D eigenvalue weighted by atomic mass is 16.5. The minimum Gasteiger partial charge on any atom is -0.376 e.